The van der Waals surface area contributed by atoms with Crippen molar-refractivity contribution >= 4 is 16.7 Å². The minimum Gasteiger partial charge on any atom is -0.268 e. The number of hydrogen-bond acceptors (Lipinski definition) is 2. The molecule has 18 heavy (non-hydrogen) atoms. The lowest BCUT2D eigenvalue weighted by atomic mass is 10.1. The van der Waals surface area contributed by atoms with Gasteiger partial charge in [0.1, 0.15) is 0 Å². The smallest absolute Gasteiger partial charge is 0.268 e. The van der Waals surface area contributed by atoms with E-state index in [4.69, 9.17) is 4.84 Å². The molecule has 94 valence electrons. The van der Waals surface area contributed by atoms with Crippen LogP contribution in [-0.4, -0.2) is 11.5 Å². The van der Waals surface area contributed by atoms with E-state index in [1.54, 1.807) is 6.07 Å². The number of nitrogens with one attached hydrogen (secondary N) is 1. The Bertz CT molecular complexity index is 570. The topological polar surface area (TPSA) is 38.3 Å². The lowest BCUT2D eigenvalue weighted by Gasteiger charge is -2.18. The average Bonchev–Trinajstić information content (AvgIpc) is 2.34. The molecule has 0 saturated carbocycles. The zero-order valence-electron chi connectivity index (χ0n) is 10.9. The fourth-order valence-corrected chi connectivity index (χ4v) is 1.59. The van der Waals surface area contributed by atoms with Crippen molar-refractivity contribution in [3.05, 3.63) is 48.0 Å². The van der Waals surface area contributed by atoms with Crippen molar-refractivity contribution in [3.63, 3.8) is 0 Å². The predicted molar refractivity (Wildman–Crippen MR) is 72.3 cm³/mol. The molecule has 2 rings (SSSR count). The van der Waals surface area contributed by atoms with E-state index in [0.717, 1.165) is 10.8 Å². The van der Waals surface area contributed by atoms with Gasteiger partial charge in [-0.25, -0.2) is 5.48 Å². The molecule has 0 saturated heterocycles. The van der Waals surface area contributed by atoms with Crippen LogP contribution < -0.4 is 5.48 Å². The van der Waals surface area contributed by atoms with Gasteiger partial charge in [-0.15, -0.1) is 0 Å². The average molecular weight is 243 g/mol. The lowest BCUT2D eigenvalue weighted by molar-refractivity contribution is -0.0589. The molecule has 2 aromatic rings. The van der Waals surface area contributed by atoms with Crippen LogP contribution in [0, 0.1) is 0 Å². The van der Waals surface area contributed by atoms with Crippen LogP contribution in [0.4, 0.5) is 0 Å². The number of benzene rings is 2. The summed E-state index contributed by atoms with van der Waals surface area (Å²) in [4.78, 5) is 17.2. The molecule has 0 aliphatic heterocycles. The van der Waals surface area contributed by atoms with Crippen LogP contribution in [0.5, 0.6) is 0 Å². The number of rotatable bonds is 2. The fourth-order valence-electron chi connectivity index (χ4n) is 1.59. The second kappa shape index (κ2) is 4.78. The van der Waals surface area contributed by atoms with E-state index < -0.39 is 5.60 Å². The number of amides is 1. The van der Waals surface area contributed by atoms with Gasteiger partial charge in [-0.3, -0.25) is 9.63 Å². The quantitative estimate of drug-likeness (QED) is 0.822. The fraction of sp³-hybridized carbons (Fsp3) is 0.267. The van der Waals surface area contributed by atoms with E-state index in [0.29, 0.717) is 5.56 Å². The largest absolute Gasteiger partial charge is 0.274 e. The summed E-state index contributed by atoms with van der Waals surface area (Å²) in [5.41, 5.74) is 2.66. The molecule has 3 heteroatoms. The van der Waals surface area contributed by atoms with E-state index in [-0.39, 0.29) is 5.91 Å². The molecule has 0 fully saturated rings. The molecular formula is C15H17NO2. The standard InChI is InChI=1S/C15H17NO2/c1-15(2,3)18-16-14(17)13-9-8-11-6-4-5-7-12(11)10-13/h4-10H,1-3H3,(H,16,17). The Balaban J connectivity index is 2.18. The minimum atomic E-state index is -0.396. The van der Waals surface area contributed by atoms with E-state index in [1.807, 2.05) is 57.2 Å². The molecule has 1 amide bonds. The van der Waals surface area contributed by atoms with Gasteiger partial charge in [0.2, 0.25) is 0 Å². The van der Waals surface area contributed by atoms with Crippen LogP contribution in [0.1, 0.15) is 31.1 Å². The Morgan fingerprint density at radius 3 is 2.39 bits per heavy atom. The summed E-state index contributed by atoms with van der Waals surface area (Å²) in [7, 11) is 0. The van der Waals surface area contributed by atoms with Crippen molar-refractivity contribution in [1.82, 2.24) is 5.48 Å². The first-order chi connectivity index (χ1) is 8.46. The monoisotopic (exact) mass is 243 g/mol. The van der Waals surface area contributed by atoms with E-state index in [2.05, 4.69) is 5.48 Å². The van der Waals surface area contributed by atoms with Crippen molar-refractivity contribution in [2.24, 2.45) is 0 Å². The Kier molecular flexibility index (Phi) is 3.34. The molecule has 2 aromatic carbocycles. The van der Waals surface area contributed by atoms with Gasteiger partial charge in [0.25, 0.3) is 5.91 Å². The molecule has 0 aliphatic rings. The number of carbonyl (C=O) groups excluding carboxylic acids is 1. The molecule has 0 unspecified atom stereocenters. The molecule has 0 aromatic heterocycles. The van der Waals surface area contributed by atoms with Crippen LogP contribution in [0.3, 0.4) is 0 Å². The SMILES string of the molecule is CC(C)(C)ONC(=O)c1ccc2ccccc2c1. The molecule has 3 nitrogen and oxygen atoms in total. The highest BCUT2D eigenvalue weighted by molar-refractivity contribution is 5.98. The Hall–Kier alpha value is -1.87. The van der Waals surface area contributed by atoms with Gasteiger partial charge in [0.15, 0.2) is 0 Å². The van der Waals surface area contributed by atoms with Crippen molar-refractivity contribution < 1.29 is 9.63 Å². The number of hydrogen-bond donors (Lipinski definition) is 1. The van der Waals surface area contributed by atoms with Gasteiger partial charge in [-0.05, 0) is 43.7 Å². The third-order valence-electron chi connectivity index (χ3n) is 2.46. The van der Waals surface area contributed by atoms with Gasteiger partial charge in [-0.2, -0.15) is 0 Å². The summed E-state index contributed by atoms with van der Waals surface area (Å²) in [5.74, 6) is -0.226. The van der Waals surface area contributed by atoms with Gasteiger partial charge in [0, 0.05) is 5.56 Å². The highest BCUT2D eigenvalue weighted by Gasteiger charge is 2.13. The van der Waals surface area contributed by atoms with Crippen LogP contribution >= 0.6 is 0 Å². The third-order valence-corrected chi connectivity index (χ3v) is 2.46. The maximum Gasteiger partial charge on any atom is 0.274 e. The van der Waals surface area contributed by atoms with Crippen LogP contribution in [0.15, 0.2) is 42.5 Å². The summed E-state index contributed by atoms with van der Waals surface area (Å²) in [5, 5.41) is 2.16. The molecule has 0 aliphatic carbocycles. The Morgan fingerprint density at radius 2 is 1.72 bits per heavy atom. The zero-order valence-corrected chi connectivity index (χ0v) is 10.9. The molecule has 0 radical (unpaired) electrons. The normalized spacial score (nSPS) is 11.5. The molecular weight excluding hydrogens is 226 g/mol. The van der Waals surface area contributed by atoms with Crippen LogP contribution in [0.2, 0.25) is 0 Å². The van der Waals surface area contributed by atoms with Crippen molar-refractivity contribution in [2.75, 3.05) is 0 Å². The minimum absolute atomic E-state index is 0.226. The third kappa shape index (κ3) is 3.08. The second-order valence-corrected chi connectivity index (χ2v) is 5.21. The van der Waals surface area contributed by atoms with Crippen molar-refractivity contribution in [2.45, 2.75) is 26.4 Å². The van der Waals surface area contributed by atoms with Gasteiger partial charge >= 0.3 is 0 Å². The zero-order chi connectivity index (χ0) is 13.2. The van der Waals surface area contributed by atoms with Gasteiger partial charge in [0.05, 0.1) is 5.60 Å². The molecule has 0 atom stereocenters. The predicted octanol–water partition coefficient (Wildman–Crippen LogP) is 3.30. The second-order valence-electron chi connectivity index (χ2n) is 5.21. The summed E-state index contributed by atoms with van der Waals surface area (Å²) in [6.07, 6.45) is 0. The summed E-state index contributed by atoms with van der Waals surface area (Å²) in [6, 6.07) is 13.5. The summed E-state index contributed by atoms with van der Waals surface area (Å²) in [6.45, 7) is 5.65. The van der Waals surface area contributed by atoms with Gasteiger partial charge in [-0.1, -0.05) is 30.3 Å². The van der Waals surface area contributed by atoms with E-state index in [9.17, 15) is 4.79 Å². The first kappa shape index (κ1) is 12.6. The summed E-state index contributed by atoms with van der Waals surface area (Å²) >= 11 is 0. The Labute approximate surface area is 107 Å². The van der Waals surface area contributed by atoms with E-state index in [1.165, 1.54) is 0 Å². The maximum absolute atomic E-state index is 11.9. The lowest BCUT2D eigenvalue weighted by Crippen LogP contribution is -2.33. The first-order valence-corrected chi connectivity index (χ1v) is 5.93. The number of fused-ring (bicyclic) bond motifs is 1. The van der Waals surface area contributed by atoms with Crippen molar-refractivity contribution in [3.8, 4) is 0 Å². The Morgan fingerprint density at radius 1 is 1.06 bits per heavy atom. The van der Waals surface area contributed by atoms with Crippen molar-refractivity contribution in [1.29, 1.82) is 0 Å². The van der Waals surface area contributed by atoms with Gasteiger partial charge < -0.3 is 0 Å². The molecule has 0 heterocycles. The van der Waals surface area contributed by atoms with E-state index >= 15 is 0 Å². The molecule has 0 spiro atoms. The molecule has 1 N–H and O–H groups in total. The number of hydroxylamine groups is 1. The van der Waals surface area contributed by atoms with Crippen LogP contribution in [-0.2, 0) is 4.84 Å². The molecule has 0 bridgehead atoms. The highest BCUT2D eigenvalue weighted by atomic mass is 16.7. The van der Waals surface area contributed by atoms with Crippen LogP contribution in [0.25, 0.3) is 10.8 Å². The first-order valence-electron chi connectivity index (χ1n) is 5.93. The summed E-state index contributed by atoms with van der Waals surface area (Å²) < 4.78 is 0. The highest BCUT2D eigenvalue weighted by Crippen LogP contribution is 2.15. The number of carbonyl (C=O) groups is 1. The maximum atomic E-state index is 11.9.